The fraction of sp³-hybridized carbons (Fsp3) is 0.533. The largest absolute Gasteiger partial charge is 0.0623 e. The minimum atomic E-state index is -0.262. The molecule has 1 N–H and O–H groups in total. The van der Waals surface area contributed by atoms with Gasteiger partial charge in [-0.15, -0.1) is 13.1 Å². The molecule has 0 saturated carbocycles. The van der Waals surface area contributed by atoms with E-state index in [1.54, 1.807) is 6.92 Å². The molecule has 1 rings (SSSR count). The first kappa shape index (κ1) is 27.4. The van der Waals surface area contributed by atoms with Gasteiger partial charge in [0.1, 0.15) is 0 Å². The van der Waals surface area contributed by atoms with Gasteiger partial charge in [0.2, 0.25) is 0 Å². The van der Waals surface area contributed by atoms with Gasteiger partial charge in [0.15, 0.2) is 0 Å². The molecule has 0 spiro atoms. The van der Waals surface area contributed by atoms with Crippen LogP contribution in [-0.4, -0.2) is 24.3 Å². The second-order valence-electron chi connectivity index (χ2n) is 3.13. The maximum atomic E-state index is 8.69. The summed E-state index contributed by atoms with van der Waals surface area (Å²) in [6, 6.07) is 12.0. The molecule has 1 atom stereocenters. The summed E-state index contributed by atoms with van der Waals surface area (Å²) in [6.45, 7) is 9.30. The van der Waals surface area contributed by atoms with Gasteiger partial charge in [-0.2, -0.15) is 0 Å². The van der Waals surface area contributed by atoms with Crippen LogP contribution in [0.25, 0.3) is 5.32 Å². The predicted molar refractivity (Wildman–Crippen MR) is 85.1 cm³/mol. The third-order valence-electron chi connectivity index (χ3n) is 1.44. The zero-order valence-electron chi connectivity index (χ0n) is 12.8. The Bertz CT molecular complexity index is 172. The molecule has 1 aromatic rings. The van der Waals surface area contributed by atoms with Gasteiger partial charge in [0.05, 0.1) is 0 Å². The van der Waals surface area contributed by atoms with Gasteiger partial charge in [-0.1, -0.05) is 63.6 Å². The molecule has 0 aromatic heterocycles. The number of aliphatic hydroxyl groups is 1. The predicted octanol–water partition coefficient (Wildman–Crippen LogP) is 5.00. The van der Waals surface area contributed by atoms with Crippen molar-refractivity contribution in [1.29, 1.82) is 0 Å². The van der Waals surface area contributed by atoms with Crippen LogP contribution >= 0.6 is 9.69 Å². The first-order valence-electron chi connectivity index (χ1n) is 6.22. The van der Waals surface area contributed by atoms with Gasteiger partial charge < -0.3 is 17.8 Å². The van der Waals surface area contributed by atoms with Crippen LogP contribution in [0.1, 0.15) is 34.1 Å². The summed E-state index contributed by atoms with van der Waals surface area (Å²) in [4.78, 5) is 0. The molecule has 0 amide bonds. The third kappa shape index (κ3) is 38.1. The smallest absolute Gasteiger partial charge is 0.0623 e. The number of aliphatic hydroxyl groups excluding tert-OH is 1. The van der Waals surface area contributed by atoms with E-state index >= 15 is 0 Å². The molecule has 1 aromatic carbocycles. The molecule has 0 bridgehead atoms. The van der Waals surface area contributed by atoms with Gasteiger partial charge >= 0.3 is 27.0 Å². The van der Waals surface area contributed by atoms with Crippen LogP contribution in [0.2, 0.25) is 0 Å². The van der Waals surface area contributed by atoms with Crippen LogP contribution in [0.4, 0.5) is 0 Å². The molecule has 115 valence electrons. The molecule has 0 heterocycles. The van der Waals surface area contributed by atoms with Crippen molar-refractivity contribution in [2.24, 2.45) is 0 Å². The van der Waals surface area contributed by atoms with Crippen molar-refractivity contribution < 1.29 is 22.4 Å². The van der Waals surface area contributed by atoms with E-state index in [2.05, 4.69) is 21.9 Å². The van der Waals surface area contributed by atoms with Crippen molar-refractivity contribution in [3.63, 3.8) is 0 Å². The molecule has 19 heavy (non-hydrogen) atoms. The summed E-state index contributed by atoms with van der Waals surface area (Å²) < 4.78 is 0. The van der Waals surface area contributed by atoms with Crippen LogP contribution in [0.5, 0.6) is 0 Å². The van der Waals surface area contributed by atoms with Crippen LogP contribution in [0.15, 0.2) is 36.4 Å². The fourth-order valence-electron chi connectivity index (χ4n) is 0.821. The van der Waals surface area contributed by atoms with E-state index < -0.39 is 0 Å². The van der Waals surface area contributed by atoms with E-state index in [1.807, 2.05) is 67.6 Å². The van der Waals surface area contributed by atoms with Gasteiger partial charge in [-0.05, 0) is 6.92 Å². The standard InChI is InChI=1S/C6H14NO.C6H6.C2H6.CH3.ClH.Ru/c1-3-4-7-5-6(2)8;1-2-4-6-5-3-1;1-2;;;/h6,8H,3-5H2,1-2H3;1-6H;1-2H3;1H3;1H;/q-1;;;-1;;+3/p-1/t6-;;;;;/m0...../s1. The molecular weight excluding hydrogens is 347 g/mol. The number of nitrogens with zero attached hydrogens (tertiary/aromatic N) is 1. The summed E-state index contributed by atoms with van der Waals surface area (Å²) >= 11 is 1.82. The molecule has 2 nitrogen and oxygen atoms in total. The van der Waals surface area contributed by atoms with Crippen LogP contribution in [-0.2, 0) is 17.3 Å². The maximum absolute atomic E-state index is 8.69. The van der Waals surface area contributed by atoms with Gasteiger partial charge in [0.25, 0.3) is 0 Å². The minimum absolute atomic E-state index is 0. The summed E-state index contributed by atoms with van der Waals surface area (Å²) in [5, 5.41) is 12.7. The van der Waals surface area contributed by atoms with Crippen molar-refractivity contribution in [1.82, 2.24) is 0 Å². The summed E-state index contributed by atoms with van der Waals surface area (Å²) in [6.07, 6.45) is 0.814. The van der Waals surface area contributed by atoms with E-state index in [0.29, 0.717) is 6.54 Å². The molecule has 0 radical (unpaired) electrons. The van der Waals surface area contributed by atoms with Gasteiger partial charge in [0, 0.05) is 6.10 Å². The Morgan fingerprint density at radius 3 is 1.58 bits per heavy atom. The second kappa shape index (κ2) is 30.8. The first-order valence-corrected chi connectivity index (χ1v) is 8.46. The molecule has 0 aliphatic heterocycles. The third-order valence-corrected chi connectivity index (χ3v) is 1.44. The summed E-state index contributed by atoms with van der Waals surface area (Å²) in [7, 11) is 4.57. The minimum Gasteiger partial charge on any atom is -0.0623 e. The van der Waals surface area contributed by atoms with E-state index in [9.17, 15) is 0 Å². The molecule has 0 saturated heterocycles. The van der Waals surface area contributed by atoms with Crippen molar-refractivity contribution in [3.8, 4) is 0 Å². The number of benzene rings is 1. The van der Waals surface area contributed by atoms with Crippen molar-refractivity contribution in [3.05, 3.63) is 49.1 Å². The molecule has 0 unspecified atom stereocenters. The van der Waals surface area contributed by atoms with E-state index in [0.717, 1.165) is 13.0 Å². The number of rotatable bonds is 4. The van der Waals surface area contributed by atoms with Crippen molar-refractivity contribution in [2.75, 3.05) is 13.1 Å². The molecule has 0 fully saturated rings. The topological polar surface area (TPSA) is 34.3 Å². The van der Waals surface area contributed by atoms with Crippen LogP contribution in [0.3, 0.4) is 0 Å². The Morgan fingerprint density at radius 1 is 1.05 bits per heavy atom. The van der Waals surface area contributed by atoms with Crippen molar-refractivity contribution >= 4 is 9.69 Å². The Hall–Kier alpha value is 0.0534. The SMILES string of the molecule is CC.CCC[N-]C[C@H](C)O.[CH3-].[Cl][Ru+2].c1ccccc1. The average Bonchev–Trinajstić information content (AvgIpc) is 2.46. The fourth-order valence-corrected chi connectivity index (χ4v) is 0.821. The Labute approximate surface area is 134 Å². The quantitative estimate of drug-likeness (QED) is 0.448. The van der Waals surface area contributed by atoms with Gasteiger partial charge in [-0.3, -0.25) is 0 Å². The van der Waals surface area contributed by atoms with Crippen LogP contribution < -0.4 is 0 Å². The number of halogens is 1. The zero-order valence-corrected chi connectivity index (χ0v) is 15.3. The Morgan fingerprint density at radius 2 is 1.37 bits per heavy atom. The first-order chi connectivity index (χ1) is 8.77. The molecule has 0 aliphatic carbocycles. The summed E-state index contributed by atoms with van der Waals surface area (Å²) in [5.41, 5.74) is 0. The average molecular weight is 376 g/mol. The number of hydrogen-bond donors (Lipinski definition) is 1. The second-order valence-corrected chi connectivity index (χ2v) is 3.13. The normalized spacial score (nSPS) is 8.95. The molecule has 4 heteroatoms. The maximum Gasteiger partial charge on any atom is -0.0623 e. The van der Waals surface area contributed by atoms with E-state index in [1.165, 1.54) is 0 Å². The summed E-state index contributed by atoms with van der Waals surface area (Å²) in [5.74, 6) is 0. The number of hydrogen-bond acceptors (Lipinski definition) is 1. The van der Waals surface area contributed by atoms with E-state index in [-0.39, 0.29) is 13.5 Å². The van der Waals surface area contributed by atoms with Crippen LogP contribution in [0, 0.1) is 7.43 Å². The monoisotopic (exact) mass is 376 g/mol. The molecule has 0 aliphatic rings. The van der Waals surface area contributed by atoms with E-state index in [4.69, 9.17) is 5.11 Å². The zero-order chi connectivity index (χ0) is 14.6. The molecular formula is C15H29ClNORu. The Balaban J connectivity index is -0.0000000912. The Kier molecular flexibility index (Phi) is 44.4. The van der Waals surface area contributed by atoms with Gasteiger partial charge in [-0.25, -0.2) is 0 Å². The van der Waals surface area contributed by atoms with Crippen molar-refractivity contribution in [2.45, 2.75) is 40.2 Å².